The van der Waals surface area contributed by atoms with Crippen LogP contribution in [0, 0.1) is 11.6 Å². The van der Waals surface area contributed by atoms with Crippen molar-refractivity contribution in [3.63, 3.8) is 0 Å². The molecule has 1 aromatic carbocycles. The summed E-state index contributed by atoms with van der Waals surface area (Å²) in [6.45, 7) is -0.353. The minimum absolute atomic E-state index is 0.0293. The van der Waals surface area contributed by atoms with Gasteiger partial charge in [-0.25, -0.2) is 17.2 Å². The first-order chi connectivity index (χ1) is 10.6. The smallest absolute Gasteiger partial charge is 0.272 e. The average Bonchev–Trinajstić information content (AvgIpc) is 2.44. The Kier molecular flexibility index (Phi) is 4.85. The van der Waals surface area contributed by atoms with Gasteiger partial charge >= 0.3 is 0 Å². The lowest BCUT2D eigenvalue weighted by Gasteiger charge is -2.11. The molecule has 23 heavy (non-hydrogen) atoms. The Hall–Kier alpha value is -1.81. The molecule has 1 heterocycles. The summed E-state index contributed by atoms with van der Waals surface area (Å²) in [4.78, 5) is 15.8. The van der Waals surface area contributed by atoms with Gasteiger partial charge in [0.25, 0.3) is 5.56 Å². The Bertz CT molecular complexity index is 928. The maximum absolute atomic E-state index is 13.6. The molecule has 2 rings (SSSR count). The topological polar surface area (TPSA) is 78.3 Å². The van der Waals surface area contributed by atoms with Crippen LogP contribution in [0.5, 0.6) is 5.88 Å². The van der Waals surface area contributed by atoms with Crippen molar-refractivity contribution in [2.75, 3.05) is 6.26 Å². The van der Waals surface area contributed by atoms with Crippen LogP contribution in [-0.4, -0.2) is 24.2 Å². The van der Waals surface area contributed by atoms with Gasteiger partial charge in [-0.2, -0.15) is 4.98 Å². The zero-order chi connectivity index (χ0) is 17.4. The Morgan fingerprint density at radius 2 is 2.00 bits per heavy atom. The molecule has 0 amide bonds. The average molecular weight is 409 g/mol. The first kappa shape index (κ1) is 17.5. The van der Waals surface area contributed by atoms with Crippen molar-refractivity contribution >= 4 is 25.8 Å². The van der Waals surface area contributed by atoms with Crippen LogP contribution >= 0.6 is 15.9 Å². The summed E-state index contributed by atoms with van der Waals surface area (Å²) >= 11 is 2.97. The predicted molar refractivity (Wildman–Crippen MR) is 81.0 cm³/mol. The van der Waals surface area contributed by atoms with Crippen molar-refractivity contribution in [3.05, 3.63) is 50.2 Å². The fourth-order valence-corrected chi connectivity index (χ4v) is 3.05. The Labute approximate surface area is 138 Å². The summed E-state index contributed by atoms with van der Waals surface area (Å²) in [6.07, 6.45) is 0.895. The largest absolute Gasteiger partial charge is 0.472 e. The van der Waals surface area contributed by atoms with Crippen molar-refractivity contribution in [1.82, 2.24) is 9.55 Å². The van der Waals surface area contributed by atoms with E-state index in [2.05, 4.69) is 20.9 Å². The maximum Gasteiger partial charge on any atom is 0.272 e. The van der Waals surface area contributed by atoms with E-state index in [0.29, 0.717) is 6.07 Å². The maximum atomic E-state index is 13.6. The molecule has 0 bridgehead atoms. The third kappa shape index (κ3) is 3.75. The van der Waals surface area contributed by atoms with Gasteiger partial charge in [-0.3, -0.25) is 9.36 Å². The normalized spacial score (nSPS) is 11.5. The number of benzene rings is 1. The number of aromatic nitrogens is 2. The van der Waals surface area contributed by atoms with Crippen molar-refractivity contribution in [2.45, 2.75) is 11.8 Å². The molecule has 0 saturated carbocycles. The second-order valence-corrected chi connectivity index (χ2v) is 7.38. The molecule has 0 aliphatic carbocycles. The third-order valence-electron chi connectivity index (χ3n) is 2.88. The quantitative estimate of drug-likeness (QED) is 0.720. The van der Waals surface area contributed by atoms with Gasteiger partial charge in [0.05, 0.1) is 0 Å². The molecule has 0 fully saturated rings. The van der Waals surface area contributed by atoms with Gasteiger partial charge in [-0.1, -0.05) is 0 Å². The fourth-order valence-electron chi connectivity index (χ4n) is 1.75. The molecule has 6 nitrogen and oxygen atoms in total. The molecular formula is C13H11BrF2N2O4S. The highest BCUT2D eigenvalue weighted by atomic mass is 79.9. The van der Waals surface area contributed by atoms with Crippen LogP contribution in [-0.2, 0) is 23.5 Å². The highest BCUT2D eigenvalue weighted by Gasteiger charge is 2.20. The summed E-state index contributed by atoms with van der Waals surface area (Å²) in [5.41, 5.74) is -0.642. The summed E-state index contributed by atoms with van der Waals surface area (Å²) in [5.74, 6) is -1.86. The van der Waals surface area contributed by atoms with Crippen molar-refractivity contribution in [3.8, 4) is 5.88 Å². The number of sulfone groups is 1. The van der Waals surface area contributed by atoms with Gasteiger partial charge in [-0.15, -0.1) is 0 Å². The van der Waals surface area contributed by atoms with Gasteiger partial charge in [0.15, 0.2) is 0 Å². The minimum atomic E-state index is -3.76. The number of hydrogen-bond donors (Lipinski definition) is 0. The highest BCUT2D eigenvalue weighted by molar-refractivity contribution is 9.10. The van der Waals surface area contributed by atoms with Gasteiger partial charge in [0, 0.05) is 24.9 Å². The molecule has 0 radical (unpaired) electrons. The third-order valence-corrected chi connectivity index (χ3v) is 4.58. The van der Waals surface area contributed by atoms with E-state index in [0.717, 1.165) is 16.9 Å². The number of ether oxygens (including phenoxy) is 1. The Balaban J connectivity index is 2.41. The predicted octanol–water partition coefficient (Wildman–Crippen LogP) is 1.80. The molecule has 0 aliphatic rings. The van der Waals surface area contributed by atoms with Crippen LogP contribution in [0.3, 0.4) is 0 Å². The van der Waals surface area contributed by atoms with Crippen molar-refractivity contribution in [2.24, 2.45) is 7.05 Å². The van der Waals surface area contributed by atoms with Gasteiger partial charge in [0.2, 0.25) is 20.9 Å². The summed E-state index contributed by atoms with van der Waals surface area (Å²) in [7, 11) is -2.51. The molecular weight excluding hydrogens is 398 g/mol. The lowest BCUT2D eigenvalue weighted by Crippen LogP contribution is -2.25. The van der Waals surface area contributed by atoms with Crippen molar-refractivity contribution < 1.29 is 21.9 Å². The second-order valence-electron chi connectivity index (χ2n) is 4.67. The van der Waals surface area contributed by atoms with E-state index >= 15 is 0 Å². The molecule has 0 aliphatic heterocycles. The molecule has 10 heteroatoms. The molecule has 0 atom stereocenters. The number of halogens is 3. The van der Waals surface area contributed by atoms with E-state index in [1.165, 1.54) is 13.1 Å². The van der Waals surface area contributed by atoms with E-state index in [9.17, 15) is 22.0 Å². The van der Waals surface area contributed by atoms with Crippen LogP contribution in [0.2, 0.25) is 0 Å². The molecule has 0 spiro atoms. The summed E-state index contributed by atoms with van der Waals surface area (Å²) in [5, 5.41) is -0.486. The van der Waals surface area contributed by atoms with E-state index in [1.54, 1.807) is 0 Å². The van der Waals surface area contributed by atoms with Gasteiger partial charge in [0.1, 0.15) is 22.7 Å². The first-order valence-electron chi connectivity index (χ1n) is 6.14. The molecule has 0 N–H and O–H groups in total. The molecule has 2 aromatic rings. The lowest BCUT2D eigenvalue weighted by atomic mass is 10.2. The van der Waals surface area contributed by atoms with Gasteiger partial charge in [-0.05, 0) is 28.1 Å². The van der Waals surface area contributed by atoms with E-state index in [1.807, 2.05) is 0 Å². The SMILES string of the molecule is Cn1c(S(C)(=O)=O)nc(OCc2ccc(F)cc2F)c(Br)c1=O. The van der Waals surface area contributed by atoms with Crippen molar-refractivity contribution in [1.29, 1.82) is 0 Å². The second kappa shape index (κ2) is 6.36. The number of rotatable bonds is 4. The van der Waals surface area contributed by atoms with Crippen LogP contribution in [0.15, 0.2) is 32.6 Å². The van der Waals surface area contributed by atoms with E-state index in [-0.39, 0.29) is 22.5 Å². The van der Waals surface area contributed by atoms with Gasteiger partial charge < -0.3 is 4.74 Å². The summed E-state index contributed by atoms with van der Waals surface area (Å²) in [6, 6.07) is 2.92. The zero-order valence-electron chi connectivity index (χ0n) is 12.0. The van der Waals surface area contributed by atoms with Crippen LogP contribution in [0.25, 0.3) is 0 Å². The highest BCUT2D eigenvalue weighted by Crippen LogP contribution is 2.22. The molecule has 0 unspecified atom stereocenters. The van der Waals surface area contributed by atoms with Crippen LogP contribution in [0.1, 0.15) is 5.56 Å². The standard InChI is InChI=1S/C13H11BrF2N2O4S/c1-18-12(19)10(14)11(17-13(18)23(2,20)21)22-6-7-3-4-8(15)5-9(7)16/h3-5H,6H2,1-2H3. The minimum Gasteiger partial charge on any atom is -0.472 e. The molecule has 1 aromatic heterocycles. The first-order valence-corrected chi connectivity index (χ1v) is 8.83. The van der Waals surface area contributed by atoms with E-state index in [4.69, 9.17) is 4.74 Å². The van der Waals surface area contributed by atoms with Crippen LogP contribution < -0.4 is 10.3 Å². The number of hydrogen-bond acceptors (Lipinski definition) is 5. The molecule has 0 saturated heterocycles. The zero-order valence-corrected chi connectivity index (χ0v) is 14.4. The fraction of sp³-hybridized carbons (Fsp3) is 0.231. The molecule has 124 valence electrons. The van der Waals surface area contributed by atoms with Crippen LogP contribution in [0.4, 0.5) is 8.78 Å². The summed E-state index contributed by atoms with van der Waals surface area (Å²) < 4.78 is 55.6. The Morgan fingerprint density at radius 1 is 1.35 bits per heavy atom. The van der Waals surface area contributed by atoms with E-state index < -0.39 is 32.2 Å². The number of nitrogens with zero attached hydrogens (tertiary/aromatic N) is 2. The Morgan fingerprint density at radius 3 is 2.57 bits per heavy atom. The monoisotopic (exact) mass is 408 g/mol. The lowest BCUT2D eigenvalue weighted by molar-refractivity contribution is 0.279.